The molecule has 7 rings (SSSR count). The van der Waals surface area contributed by atoms with E-state index in [4.69, 9.17) is 19.9 Å². The van der Waals surface area contributed by atoms with Crippen molar-refractivity contribution in [1.82, 2.24) is 19.9 Å². The van der Waals surface area contributed by atoms with Crippen molar-refractivity contribution in [3.05, 3.63) is 205 Å². The van der Waals surface area contributed by atoms with Crippen LogP contribution < -0.4 is 0 Å². The standard InChI is InChI=1S/C44H33N5/c1-2-40(38-24-15-29-45-31-38)46-41(34-18-9-4-10-19-34)39(33-16-7-3-8-17-33)30-32-25-27-37(28-26-32)44-48-42(35-20-11-5-12-21-35)47-43(49-44)36-22-13-6-14-23-36/h2-29,31H,1,30H2/b41-39+,46-40?. The number of hydrogen-bond acceptors (Lipinski definition) is 5. The van der Waals surface area contributed by atoms with E-state index in [0.29, 0.717) is 23.9 Å². The minimum Gasteiger partial charge on any atom is -0.264 e. The largest absolute Gasteiger partial charge is 0.264 e. The molecule has 2 heterocycles. The third-order valence-corrected chi connectivity index (χ3v) is 8.13. The third-order valence-electron chi connectivity index (χ3n) is 8.13. The van der Waals surface area contributed by atoms with E-state index >= 15 is 0 Å². The Morgan fingerprint density at radius 3 is 1.47 bits per heavy atom. The SMILES string of the molecule is C=CC(=N/C(=C(\Cc1ccc(-c2nc(-c3ccccc3)nc(-c3ccccc3)n2)cc1)c1ccccc1)c1ccccc1)c1cccnc1. The highest BCUT2D eigenvalue weighted by molar-refractivity contribution is 6.12. The van der Waals surface area contributed by atoms with Crippen molar-refractivity contribution in [2.75, 3.05) is 0 Å². The zero-order valence-corrected chi connectivity index (χ0v) is 26.9. The highest BCUT2D eigenvalue weighted by atomic mass is 15.0. The Morgan fingerprint density at radius 1 is 0.510 bits per heavy atom. The van der Waals surface area contributed by atoms with Gasteiger partial charge >= 0.3 is 0 Å². The van der Waals surface area contributed by atoms with E-state index in [1.807, 2.05) is 103 Å². The van der Waals surface area contributed by atoms with E-state index in [2.05, 4.69) is 72.2 Å². The number of pyridine rings is 1. The van der Waals surface area contributed by atoms with Gasteiger partial charge in [-0.2, -0.15) is 0 Å². The maximum Gasteiger partial charge on any atom is 0.164 e. The van der Waals surface area contributed by atoms with Gasteiger partial charge in [0, 0.05) is 46.6 Å². The van der Waals surface area contributed by atoms with Gasteiger partial charge in [-0.05, 0) is 34.9 Å². The van der Waals surface area contributed by atoms with E-state index in [1.54, 1.807) is 12.3 Å². The van der Waals surface area contributed by atoms with E-state index in [9.17, 15) is 0 Å². The molecule has 0 saturated heterocycles. The molecule has 5 heteroatoms. The summed E-state index contributed by atoms with van der Waals surface area (Å²) in [5, 5.41) is 0. The van der Waals surface area contributed by atoms with Crippen molar-refractivity contribution < 1.29 is 0 Å². The molecule has 0 aliphatic rings. The van der Waals surface area contributed by atoms with Gasteiger partial charge in [0.2, 0.25) is 0 Å². The summed E-state index contributed by atoms with van der Waals surface area (Å²) in [6.45, 7) is 4.09. The molecule has 7 aromatic rings. The summed E-state index contributed by atoms with van der Waals surface area (Å²) in [4.78, 5) is 24.2. The van der Waals surface area contributed by atoms with Crippen molar-refractivity contribution in [1.29, 1.82) is 0 Å². The first-order valence-corrected chi connectivity index (χ1v) is 16.2. The highest BCUT2D eigenvalue weighted by Gasteiger charge is 2.16. The minimum atomic E-state index is 0.625. The molecule has 0 amide bonds. The molecule has 0 bridgehead atoms. The lowest BCUT2D eigenvalue weighted by Gasteiger charge is -2.16. The second-order valence-electron chi connectivity index (χ2n) is 11.4. The summed E-state index contributed by atoms with van der Waals surface area (Å²) in [7, 11) is 0. The molecule has 0 radical (unpaired) electrons. The predicted octanol–water partition coefficient (Wildman–Crippen LogP) is 10.1. The molecule has 0 unspecified atom stereocenters. The molecule has 5 aromatic carbocycles. The lowest BCUT2D eigenvalue weighted by molar-refractivity contribution is 1.07. The molecule has 0 aliphatic heterocycles. The molecule has 0 spiro atoms. The van der Waals surface area contributed by atoms with Gasteiger partial charge in [0.1, 0.15) is 0 Å². The average Bonchev–Trinajstić information content (AvgIpc) is 3.19. The molecule has 0 saturated carbocycles. The smallest absolute Gasteiger partial charge is 0.164 e. The Morgan fingerprint density at radius 2 is 0.980 bits per heavy atom. The van der Waals surface area contributed by atoms with Crippen LogP contribution in [0.25, 0.3) is 45.4 Å². The van der Waals surface area contributed by atoms with Gasteiger partial charge in [0.15, 0.2) is 17.5 Å². The maximum atomic E-state index is 5.26. The lowest BCUT2D eigenvalue weighted by atomic mass is 9.93. The van der Waals surface area contributed by atoms with Crippen molar-refractivity contribution in [3.8, 4) is 34.2 Å². The molecule has 0 atom stereocenters. The Hall–Kier alpha value is -6.59. The summed E-state index contributed by atoms with van der Waals surface area (Å²) < 4.78 is 0. The highest BCUT2D eigenvalue weighted by Crippen LogP contribution is 2.32. The quantitative estimate of drug-likeness (QED) is 0.111. The average molecular weight is 632 g/mol. The lowest BCUT2D eigenvalue weighted by Crippen LogP contribution is -2.02. The van der Waals surface area contributed by atoms with Crippen LogP contribution in [0, 0.1) is 0 Å². The van der Waals surface area contributed by atoms with E-state index in [0.717, 1.165) is 55.9 Å². The second-order valence-corrected chi connectivity index (χ2v) is 11.4. The Kier molecular flexibility index (Phi) is 9.42. The summed E-state index contributed by atoms with van der Waals surface area (Å²) in [5.41, 5.74) is 9.70. The summed E-state index contributed by atoms with van der Waals surface area (Å²) >= 11 is 0. The topological polar surface area (TPSA) is 63.9 Å². The second kappa shape index (κ2) is 14.9. The fourth-order valence-electron chi connectivity index (χ4n) is 5.64. The van der Waals surface area contributed by atoms with Crippen LogP contribution in [-0.2, 0) is 6.42 Å². The van der Waals surface area contributed by atoms with Crippen molar-refractivity contribution >= 4 is 17.0 Å². The van der Waals surface area contributed by atoms with Crippen LogP contribution in [0.1, 0.15) is 22.3 Å². The number of aromatic nitrogens is 4. The normalized spacial score (nSPS) is 11.9. The number of nitrogens with zero attached hydrogens (tertiary/aromatic N) is 5. The van der Waals surface area contributed by atoms with Crippen molar-refractivity contribution in [2.24, 2.45) is 4.99 Å². The van der Waals surface area contributed by atoms with Gasteiger partial charge in [-0.3, -0.25) is 4.98 Å². The maximum absolute atomic E-state index is 5.26. The molecule has 0 aliphatic carbocycles. The molecule has 2 aromatic heterocycles. The van der Waals surface area contributed by atoms with Crippen LogP contribution in [0.15, 0.2) is 188 Å². The first kappa shape index (κ1) is 31.0. The van der Waals surface area contributed by atoms with Gasteiger partial charge in [-0.1, -0.05) is 152 Å². The Labute approximate surface area is 286 Å². The number of aliphatic imine (C=N–C) groups is 1. The fourth-order valence-corrected chi connectivity index (χ4v) is 5.64. The third kappa shape index (κ3) is 7.37. The number of rotatable bonds is 10. The van der Waals surface area contributed by atoms with Crippen LogP contribution >= 0.6 is 0 Å². The number of allylic oxidation sites excluding steroid dienone is 2. The summed E-state index contributed by atoms with van der Waals surface area (Å²) in [6, 6.07) is 53.2. The number of benzene rings is 5. The molecular weight excluding hydrogens is 599 g/mol. The van der Waals surface area contributed by atoms with Crippen molar-refractivity contribution in [2.45, 2.75) is 6.42 Å². The zero-order valence-electron chi connectivity index (χ0n) is 26.9. The first-order chi connectivity index (χ1) is 24.2. The van der Waals surface area contributed by atoms with Crippen LogP contribution in [0.2, 0.25) is 0 Å². The summed E-state index contributed by atoms with van der Waals surface area (Å²) in [6.07, 6.45) is 6.02. The predicted molar refractivity (Wildman–Crippen MR) is 201 cm³/mol. The summed E-state index contributed by atoms with van der Waals surface area (Å²) in [5.74, 6) is 1.90. The first-order valence-electron chi connectivity index (χ1n) is 16.2. The van der Waals surface area contributed by atoms with Gasteiger partial charge < -0.3 is 0 Å². The Bertz CT molecular complexity index is 2160. The van der Waals surface area contributed by atoms with Crippen LogP contribution in [0.4, 0.5) is 0 Å². The zero-order chi connectivity index (χ0) is 33.3. The Balaban J connectivity index is 1.32. The van der Waals surface area contributed by atoms with E-state index < -0.39 is 0 Å². The monoisotopic (exact) mass is 631 g/mol. The molecule has 49 heavy (non-hydrogen) atoms. The molecular formula is C44H33N5. The van der Waals surface area contributed by atoms with Gasteiger partial charge in [0.05, 0.1) is 11.4 Å². The molecule has 0 fully saturated rings. The molecule has 0 N–H and O–H groups in total. The van der Waals surface area contributed by atoms with E-state index in [1.165, 1.54) is 0 Å². The van der Waals surface area contributed by atoms with Crippen LogP contribution in [0.3, 0.4) is 0 Å². The van der Waals surface area contributed by atoms with E-state index in [-0.39, 0.29) is 0 Å². The van der Waals surface area contributed by atoms with Crippen LogP contribution in [0.5, 0.6) is 0 Å². The fraction of sp³-hybridized carbons (Fsp3) is 0.0227. The molecule has 234 valence electrons. The van der Waals surface area contributed by atoms with Crippen molar-refractivity contribution in [3.63, 3.8) is 0 Å². The number of hydrogen-bond donors (Lipinski definition) is 0. The van der Waals surface area contributed by atoms with Gasteiger partial charge in [-0.15, -0.1) is 0 Å². The minimum absolute atomic E-state index is 0.625. The van der Waals surface area contributed by atoms with Crippen LogP contribution in [-0.4, -0.2) is 25.6 Å². The molecule has 5 nitrogen and oxygen atoms in total. The van der Waals surface area contributed by atoms with Gasteiger partial charge in [0.25, 0.3) is 0 Å². The van der Waals surface area contributed by atoms with Gasteiger partial charge in [-0.25, -0.2) is 19.9 Å².